The second-order valence-corrected chi connectivity index (χ2v) is 2.58. The van der Waals surface area contributed by atoms with Crippen molar-refractivity contribution >= 4 is 17.3 Å². The van der Waals surface area contributed by atoms with E-state index in [-0.39, 0.29) is 0 Å². The van der Waals surface area contributed by atoms with E-state index in [9.17, 15) is 13.2 Å². The average molecular weight is 212 g/mol. The van der Waals surface area contributed by atoms with Crippen LogP contribution in [0.15, 0.2) is 0 Å². The molecule has 0 fully saturated rings. The van der Waals surface area contributed by atoms with Gasteiger partial charge in [0.25, 0.3) is 0 Å². The molecule has 0 unspecified atom stereocenters. The van der Waals surface area contributed by atoms with Crippen molar-refractivity contribution in [3.63, 3.8) is 0 Å². The Morgan fingerprint density at radius 2 is 1.69 bits per heavy atom. The standard InChI is InChI=1S/C7H5ClF3NO/c1-13-7-2(8)3(9)4(10)5(11)6(7)12/h12H2,1H3. The van der Waals surface area contributed by atoms with Gasteiger partial charge in [-0.05, 0) is 0 Å². The van der Waals surface area contributed by atoms with Crippen LogP contribution in [0.4, 0.5) is 18.9 Å². The third kappa shape index (κ3) is 1.39. The van der Waals surface area contributed by atoms with E-state index in [1.807, 2.05) is 0 Å². The van der Waals surface area contributed by atoms with E-state index < -0.39 is 33.9 Å². The maximum atomic E-state index is 12.7. The largest absolute Gasteiger partial charge is 0.493 e. The van der Waals surface area contributed by atoms with Crippen molar-refractivity contribution in [3.8, 4) is 5.75 Å². The quantitative estimate of drug-likeness (QED) is 0.440. The summed E-state index contributed by atoms with van der Waals surface area (Å²) in [6, 6.07) is 0. The first kappa shape index (κ1) is 9.98. The van der Waals surface area contributed by atoms with Crippen molar-refractivity contribution < 1.29 is 17.9 Å². The topological polar surface area (TPSA) is 35.2 Å². The molecule has 0 bridgehead atoms. The van der Waals surface area contributed by atoms with Gasteiger partial charge in [0.05, 0.1) is 7.11 Å². The molecule has 0 radical (unpaired) electrons. The molecule has 6 heteroatoms. The summed E-state index contributed by atoms with van der Waals surface area (Å²) in [5.41, 5.74) is 4.43. The van der Waals surface area contributed by atoms with E-state index in [1.165, 1.54) is 0 Å². The Morgan fingerprint density at radius 3 is 2.15 bits per heavy atom. The number of nitrogens with two attached hydrogens (primary N) is 1. The molecule has 0 atom stereocenters. The summed E-state index contributed by atoms with van der Waals surface area (Å²) in [7, 11) is 1.12. The Balaban J connectivity index is 3.56. The summed E-state index contributed by atoms with van der Waals surface area (Å²) in [5, 5.41) is -0.668. The zero-order valence-electron chi connectivity index (χ0n) is 6.50. The monoisotopic (exact) mass is 211 g/mol. The number of halogens is 4. The fourth-order valence-corrected chi connectivity index (χ4v) is 1.09. The third-order valence-electron chi connectivity index (χ3n) is 1.46. The van der Waals surface area contributed by atoms with E-state index in [4.69, 9.17) is 17.3 Å². The van der Waals surface area contributed by atoms with Gasteiger partial charge in [-0.1, -0.05) is 11.6 Å². The lowest BCUT2D eigenvalue weighted by atomic mass is 10.2. The number of hydrogen-bond acceptors (Lipinski definition) is 2. The Kier molecular flexibility index (Phi) is 2.56. The van der Waals surface area contributed by atoms with Gasteiger partial charge in [-0.15, -0.1) is 0 Å². The molecular formula is C7H5ClF3NO. The molecule has 0 aliphatic heterocycles. The van der Waals surface area contributed by atoms with E-state index in [0.29, 0.717) is 0 Å². The molecule has 0 spiro atoms. The minimum absolute atomic E-state index is 0.405. The van der Waals surface area contributed by atoms with Crippen LogP contribution < -0.4 is 10.5 Å². The molecule has 2 N–H and O–H groups in total. The van der Waals surface area contributed by atoms with Gasteiger partial charge in [-0.25, -0.2) is 13.2 Å². The number of nitrogen functional groups attached to an aromatic ring is 1. The molecule has 0 aliphatic carbocycles. The summed E-state index contributed by atoms with van der Waals surface area (Å²) >= 11 is 5.29. The van der Waals surface area contributed by atoms with Crippen LogP contribution in [0.1, 0.15) is 0 Å². The normalized spacial score (nSPS) is 10.2. The molecule has 72 valence electrons. The van der Waals surface area contributed by atoms with Crippen molar-refractivity contribution in [2.75, 3.05) is 12.8 Å². The van der Waals surface area contributed by atoms with Gasteiger partial charge >= 0.3 is 0 Å². The molecule has 2 nitrogen and oxygen atoms in total. The minimum Gasteiger partial charge on any atom is -0.493 e. The number of hydrogen-bond donors (Lipinski definition) is 1. The van der Waals surface area contributed by atoms with Gasteiger partial charge < -0.3 is 10.5 Å². The molecule has 0 saturated carbocycles. The Labute approximate surface area is 77.0 Å². The van der Waals surface area contributed by atoms with E-state index >= 15 is 0 Å². The second kappa shape index (κ2) is 3.33. The number of anilines is 1. The summed E-state index contributed by atoms with van der Waals surface area (Å²) in [5.74, 6) is -5.12. The predicted octanol–water partition coefficient (Wildman–Crippen LogP) is 2.35. The van der Waals surface area contributed by atoms with Crippen LogP contribution in [0, 0.1) is 17.5 Å². The summed E-state index contributed by atoms with van der Waals surface area (Å²) in [4.78, 5) is 0. The van der Waals surface area contributed by atoms with Crippen molar-refractivity contribution in [3.05, 3.63) is 22.5 Å². The highest BCUT2D eigenvalue weighted by atomic mass is 35.5. The molecule has 1 aromatic carbocycles. The van der Waals surface area contributed by atoms with Gasteiger partial charge in [0.15, 0.2) is 23.2 Å². The molecule has 0 saturated heterocycles. The highest BCUT2D eigenvalue weighted by molar-refractivity contribution is 6.32. The Morgan fingerprint density at radius 1 is 1.15 bits per heavy atom. The van der Waals surface area contributed by atoms with Crippen LogP contribution in [0.2, 0.25) is 5.02 Å². The summed E-state index contributed by atoms with van der Waals surface area (Å²) < 4.78 is 42.6. The molecule has 0 amide bonds. The third-order valence-corrected chi connectivity index (χ3v) is 1.80. The first-order valence-electron chi connectivity index (χ1n) is 3.16. The Bertz CT molecular complexity index is 327. The van der Waals surface area contributed by atoms with Crippen molar-refractivity contribution in [2.45, 2.75) is 0 Å². The molecule has 13 heavy (non-hydrogen) atoms. The Hall–Kier alpha value is -1.10. The molecular weight excluding hydrogens is 207 g/mol. The molecule has 0 aromatic heterocycles. The van der Waals surface area contributed by atoms with Gasteiger partial charge in [0.2, 0.25) is 0 Å². The maximum absolute atomic E-state index is 12.7. The van der Waals surface area contributed by atoms with Crippen molar-refractivity contribution in [1.82, 2.24) is 0 Å². The number of ether oxygens (including phenoxy) is 1. The van der Waals surface area contributed by atoms with Crippen LogP contribution in [0.25, 0.3) is 0 Å². The fraction of sp³-hybridized carbons (Fsp3) is 0.143. The lowest BCUT2D eigenvalue weighted by Crippen LogP contribution is -2.02. The minimum atomic E-state index is -1.71. The highest BCUT2D eigenvalue weighted by Crippen LogP contribution is 2.36. The van der Waals surface area contributed by atoms with Crippen LogP contribution in [0.5, 0.6) is 5.75 Å². The second-order valence-electron chi connectivity index (χ2n) is 2.20. The number of methoxy groups -OCH3 is 1. The summed E-state index contributed by atoms with van der Waals surface area (Å²) in [6.45, 7) is 0. The smallest absolute Gasteiger partial charge is 0.198 e. The SMILES string of the molecule is COc1c(N)c(F)c(F)c(F)c1Cl. The molecule has 0 heterocycles. The van der Waals surface area contributed by atoms with Gasteiger partial charge in [0, 0.05) is 0 Å². The van der Waals surface area contributed by atoms with Crippen LogP contribution >= 0.6 is 11.6 Å². The van der Waals surface area contributed by atoms with Crippen LogP contribution in [-0.2, 0) is 0 Å². The van der Waals surface area contributed by atoms with Crippen LogP contribution in [-0.4, -0.2) is 7.11 Å². The lowest BCUT2D eigenvalue weighted by molar-refractivity contribution is 0.396. The van der Waals surface area contributed by atoms with Crippen LogP contribution in [0.3, 0.4) is 0 Å². The predicted molar refractivity (Wildman–Crippen MR) is 42.3 cm³/mol. The molecule has 1 rings (SSSR count). The number of benzene rings is 1. The average Bonchev–Trinajstić information content (AvgIpc) is 2.13. The van der Waals surface area contributed by atoms with Gasteiger partial charge in [-0.2, -0.15) is 0 Å². The maximum Gasteiger partial charge on any atom is 0.198 e. The zero-order chi connectivity index (χ0) is 10.2. The van der Waals surface area contributed by atoms with Gasteiger partial charge in [-0.3, -0.25) is 0 Å². The first-order valence-corrected chi connectivity index (χ1v) is 3.53. The number of rotatable bonds is 1. The molecule has 1 aromatic rings. The van der Waals surface area contributed by atoms with E-state index in [2.05, 4.69) is 4.74 Å². The van der Waals surface area contributed by atoms with E-state index in [0.717, 1.165) is 7.11 Å². The van der Waals surface area contributed by atoms with Crippen molar-refractivity contribution in [2.24, 2.45) is 0 Å². The summed E-state index contributed by atoms with van der Waals surface area (Å²) in [6.07, 6.45) is 0. The fourth-order valence-electron chi connectivity index (χ4n) is 0.828. The lowest BCUT2D eigenvalue weighted by Gasteiger charge is -2.08. The van der Waals surface area contributed by atoms with Gasteiger partial charge in [0.1, 0.15) is 10.7 Å². The van der Waals surface area contributed by atoms with Crippen molar-refractivity contribution in [1.29, 1.82) is 0 Å². The van der Waals surface area contributed by atoms with E-state index in [1.54, 1.807) is 0 Å². The highest BCUT2D eigenvalue weighted by Gasteiger charge is 2.22. The molecule has 0 aliphatic rings. The zero-order valence-corrected chi connectivity index (χ0v) is 7.25. The first-order chi connectivity index (χ1) is 6.00.